The first-order chi connectivity index (χ1) is 17.7. The lowest BCUT2D eigenvalue weighted by atomic mass is 10.0. The number of carbonyl (C=O) groups excluding carboxylic acids is 1. The maximum Gasteiger partial charge on any atom is 0.433 e. The molecule has 0 unspecified atom stereocenters. The highest BCUT2D eigenvalue weighted by Crippen LogP contribution is 2.35. The lowest BCUT2D eigenvalue weighted by Crippen LogP contribution is -2.44. The van der Waals surface area contributed by atoms with Gasteiger partial charge >= 0.3 is 6.18 Å². The number of ether oxygens (including phenoxy) is 1. The number of anilines is 3. The molecule has 0 radical (unpaired) electrons. The molecule has 0 bridgehead atoms. The number of aliphatic hydroxyl groups is 1. The zero-order valence-corrected chi connectivity index (χ0v) is 20.3. The van der Waals surface area contributed by atoms with Crippen LogP contribution < -0.4 is 15.5 Å². The first-order valence-corrected chi connectivity index (χ1v) is 11.7. The Morgan fingerprint density at radius 3 is 2.73 bits per heavy atom. The zero-order chi connectivity index (χ0) is 26.6. The molecule has 3 aromatic heterocycles. The van der Waals surface area contributed by atoms with Crippen LogP contribution in [0.25, 0.3) is 11.1 Å². The summed E-state index contributed by atoms with van der Waals surface area (Å²) in [4.78, 5) is 27.5. The molecule has 0 aliphatic carbocycles. The fourth-order valence-electron chi connectivity index (χ4n) is 4.04. The quantitative estimate of drug-likeness (QED) is 0.435. The van der Waals surface area contributed by atoms with Crippen molar-refractivity contribution < 1.29 is 27.8 Å². The second-order valence-corrected chi connectivity index (χ2v) is 8.57. The summed E-state index contributed by atoms with van der Waals surface area (Å²) in [6, 6.07) is 7.25. The van der Waals surface area contributed by atoms with Crippen molar-refractivity contribution in [3.8, 4) is 11.1 Å². The van der Waals surface area contributed by atoms with Crippen LogP contribution in [0.4, 0.5) is 30.5 Å². The summed E-state index contributed by atoms with van der Waals surface area (Å²) in [6.07, 6.45) is -2.11. The van der Waals surface area contributed by atoms with Crippen LogP contribution in [0.3, 0.4) is 0 Å². The molecule has 1 aliphatic heterocycles. The topological polar surface area (TPSA) is 112 Å². The molecular formula is C25H27F3N6O3. The number of amides is 1. The Kier molecular flexibility index (Phi) is 7.89. The number of carbonyl (C=O) groups is 1. The summed E-state index contributed by atoms with van der Waals surface area (Å²) in [5.74, 6) is 0.341. The molecule has 0 aromatic carbocycles. The van der Waals surface area contributed by atoms with E-state index in [-0.39, 0.29) is 18.2 Å². The van der Waals surface area contributed by atoms with Gasteiger partial charge in [-0.05, 0) is 49.7 Å². The van der Waals surface area contributed by atoms with Gasteiger partial charge in [0.1, 0.15) is 11.5 Å². The van der Waals surface area contributed by atoms with Crippen molar-refractivity contribution in [2.24, 2.45) is 0 Å². The van der Waals surface area contributed by atoms with Gasteiger partial charge in [-0.3, -0.25) is 9.78 Å². The van der Waals surface area contributed by atoms with Crippen molar-refractivity contribution in [1.82, 2.24) is 15.0 Å². The van der Waals surface area contributed by atoms with Crippen LogP contribution in [0.2, 0.25) is 0 Å². The molecule has 1 amide bonds. The minimum Gasteiger partial charge on any atom is -0.395 e. The average Bonchev–Trinajstić information content (AvgIpc) is 2.88. The molecule has 1 saturated heterocycles. The van der Waals surface area contributed by atoms with Crippen molar-refractivity contribution in [2.75, 3.05) is 48.4 Å². The largest absolute Gasteiger partial charge is 0.433 e. The van der Waals surface area contributed by atoms with Crippen LogP contribution in [-0.4, -0.2) is 64.9 Å². The molecule has 3 aromatic rings. The number of aromatic nitrogens is 3. The number of nitrogens with zero attached hydrogens (tertiary/aromatic N) is 4. The van der Waals surface area contributed by atoms with Crippen molar-refractivity contribution in [2.45, 2.75) is 26.1 Å². The third-order valence-electron chi connectivity index (χ3n) is 5.88. The fourth-order valence-corrected chi connectivity index (χ4v) is 4.04. The third kappa shape index (κ3) is 6.15. The molecule has 196 valence electrons. The number of hydrogen-bond acceptors (Lipinski definition) is 8. The normalized spacial score (nSPS) is 15.9. The fraction of sp³-hybridized carbons (Fsp3) is 0.360. The van der Waals surface area contributed by atoms with Crippen LogP contribution in [0.15, 0.2) is 42.7 Å². The van der Waals surface area contributed by atoms with Gasteiger partial charge in [-0.25, -0.2) is 9.97 Å². The SMILES string of the molecule is Cc1nc(N2CCOC[C@H]2C)c(NC(=O)c2ccnc(C(F)(F)F)c2)cc1-c1ccnc(NCCO)c1. The van der Waals surface area contributed by atoms with E-state index in [0.29, 0.717) is 54.9 Å². The molecule has 12 heteroatoms. The number of rotatable bonds is 7. The van der Waals surface area contributed by atoms with Crippen LogP contribution >= 0.6 is 0 Å². The molecule has 1 aliphatic rings. The maximum absolute atomic E-state index is 13.2. The van der Waals surface area contributed by atoms with E-state index in [1.165, 1.54) is 6.07 Å². The second-order valence-electron chi connectivity index (χ2n) is 8.57. The molecule has 1 atom stereocenters. The summed E-state index contributed by atoms with van der Waals surface area (Å²) < 4.78 is 45.0. The summed E-state index contributed by atoms with van der Waals surface area (Å²) in [6.45, 7) is 5.57. The van der Waals surface area contributed by atoms with E-state index >= 15 is 0 Å². The lowest BCUT2D eigenvalue weighted by molar-refractivity contribution is -0.141. The number of pyridine rings is 3. The molecule has 4 heterocycles. The van der Waals surface area contributed by atoms with E-state index in [1.54, 1.807) is 24.4 Å². The Balaban J connectivity index is 1.75. The van der Waals surface area contributed by atoms with Crippen LogP contribution in [0.1, 0.15) is 28.7 Å². The predicted molar refractivity (Wildman–Crippen MR) is 133 cm³/mol. The number of aliphatic hydroxyl groups excluding tert-OH is 1. The number of aryl methyl sites for hydroxylation is 1. The number of alkyl halides is 3. The Bertz CT molecular complexity index is 1270. The van der Waals surface area contributed by atoms with Gasteiger partial charge in [-0.15, -0.1) is 0 Å². The van der Waals surface area contributed by atoms with E-state index < -0.39 is 17.8 Å². The Morgan fingerprint density at radius 1 is 1.22 bits per heavy atom. The number of hydrogen-bond donors (Lipinski definition) is 3. The third-order valence-corrected chi connectivity index (χ3v) is 5.88. The molecule has 0 saturated carbocycles. The summed E-state index contributed by atoms with van der Waals surface area (Å²) in [5, 5.41) is 14.9. The highest BCUT2D eigenvalue weighted by molar-refractivity contribution is 6.06. The number of nitrogens with one attached hydrogen (secondary N) is 2. The smallest absolute Gasteiger partial charge is 0.395 e. The van der Waals surface area contributed by atoms with Gasteiger partial charge in [0.05, 0.1) is 31.5 Å². The van der Waals surface area contributed by atoms with Crippen molar-refractivity contribution in [3.63, 3.8) is 0 Å². The Morgan fingerprint density at radius 2 is 2.00 bits per heavy atom. The van der Waals surface area contributed by atoms with Crippen molar-refractivity contribution in [1.29, 1.82) is 0 Å². The van der Waals surface area contributed by atoms with E-state index in [0.717, 1.165) is 17.8 Å². The maximum atomic E-state index is 13.2. The molecule has 0 spiro atoms. The van der Waals surface area contributed by atoms with Gasteiger partial charge in [-0.2, -0.15) is 13.2 Å². The van der Waals surface area contributed by atoms with Gasteiger partial charge in [0.15, 0.2) is 5.82 Å². The average molecular weight is 517 g/mol. The number of halogens is 3. The van der Waals surface area contributed by atoms with E-state index in [2.05, 4.69) is 20.6 Å². The van der Waals surface area contributed by atoms with Crippen LogP contribution in [0, 0.1) is 6.92 Å². The summed E-state index contributed by atoms with van der Waals surface area (Å²) >= 11 is 0. The van der Waals surface area contributed by atoms with Gasteiger partial charge in [0.25, 0.3) is 5.91 Å². The van der Waals surface area contributed by atoms with Gasteiger partial charge < -0.3 is 25.4 Å². The molecule has 9 nitrogen and oxygen atoms in total. The Labute approximate surface area is 211 Å². The molecule has 3 N–H and O–H groups in total. The minimum atomic E-state index is -4.67. The molecule has 37 heavy (non-hydrogen) atoms. The highest BCUT2D eigenvalue weighted by atomic mass is 19.4. The van der Waals surface area contributed by atoms with Crippen molar-refractivity contribution in [3.05, 3.63) is 59.7 Å². The first-order valence-electron chi connectivity index (χ1n) is 11.7. The second kappa shape index (κ2) is 11.1. The van der Waals surface area contributed by atoms with Crippen molar-refractivity contribution >= 4 is 23.2 Å². The number of morpholine rings is 1. The van der Waals surface area contributed by atoms with E-state index in [1.807, 2.05) is 18.7 Å². The predicted octanol–water partition coefficient (Wildman–Crippen LogP) is 3.75. The van der Waals surface area contributed by atoms with Gasteiger partial charge in [-0.1, -0.05) is 0 Å². The molecule has 1 fully saturated rings. The van der Waals surface area contributed by atoms with E-state index in [9.17, 15) is 18.0 Å². The van der Waals surface area contributed by atoms with Gasteiger partial charge in [0, 0.05) is 42.3 Å². The van der Waals surface area contributed by atoms with Gasteiger partial charge in [0.2, 0.25) is 0 Å². The first kappa shape index (κ1) is 26.3. The molecule has 4 rings (SSSR count). The monoisotopic (exact) mass is 516 g/mol. The summed E-state index contributed by atoms with van der Waals surface area (Å²) in [7, 11) is 0. The highest BCUT2D eigenvalue weighted by Gasteiger charge is 2.33. The standard InChI is InChI=1S/C25H27F3N6O3/c1-15-14-37-10-8-34(15)23-20(33-24(36)18-4-5-29-21(11-18)25(26,27)28)13-19(16(2)32-23)17-3-6-30-22(12-17)31-7-9-35/h3-6,11-13,15,35H,7-10,14H2,1-2H3,(H,30,31)(H,33,36)/t15-/m1/s1. The molecular weight excluding hydrogens is 489 g/mol. The summed E-state index contributed by atoms with van der Waals surface area (Å²) in [5.41, 5.74) is 1.19. The zero-order valence-electron chi connectivity index (χ0n) is 20.3. The van der Waals surface area contributed by atoms with Crippen LogP contribution in [-0.2, 0) is 10.9 Å². The van der Waals surface area contributed by atoms with E-state index in [4.69, 9.17) is 14.8 Å². The Hall–Kier alpha value is -3.77. The van der Waals surface area contributed by atoms with Crippen LogP contribution in [0.5, 0.6) is 0 Å². The lowest BCUT2D eigenvalue weighted by Gasteiger charge is -2.35. The minimum absolute atomic E-state index is 0.0323.